The van der Waals surface area contributed by atoms with E-state index in [2.05, 4.69) is 10.1 Å². The van der Waals surface area contributed by atoms with Crippen LogP contribution >= 0.6 is 11.3 Å². The highest BCUT2D eigenvalue weighted by Crippen LogP contribution is 2.27. The lowest BCUT2D eigenvalue weighted by molar-refractivity contribution is 0.247. The van der Waals surface area contributed by atoms with Gasteiger partial charge in [0.15, 0.2) is 0 Å². The van der Waals surface area contributed by atoms with Crippen LogP contribution in [0.15, 0.2) is 50.5 Å². The third-order valence-electron chi connectivity index (χ3n) is 4.64. The molecule has 1 atom stereocenters. The molecular weight excluding hydrogens is 389 g/mol. The van der Waals surface area contributed by atoms with Crippen LogP contribution in [-0.2, 0) is 16.4 Å². The van der Waals surface area contributed by atoms with Crippen LogP contribution in [0.5, 0.6) is 0 Å². The Kier molecular flexibility index (Phi) is 5.07. The van der Waals surface area contributed by atoms with Crippen LogP contribution in [0.3, 0.4) is 0 Å². The molecule has 1 unspecified atom stereocenters. The molecule has 0 spiro atoms. The second-order valence-electron chi connectivity index (χ2n) is 6.55. The van der Waals surface area contributed by atoms with Crippen molar-refractivity contribution in [2.45, 2.75) is 24.2 Å². The average molecular weight is 407 g/mol. The van der Waals surface area contributed by atoms with Crippen LogP contribution in [0.25, 0.3) is 11.4 Å². The van der Waals surface area contributed by atoms with E-state index in [-0.39, 0.29) is 10.8 Å². The van der Waals surface area contributed by atoms with Crippen molar-refractivity contribution in [3.63, 3.8) is 0 Å². The quantitative estimate of drug-likeness (QED) is 0.646. The van der Waals surface area contributed by atoms with Gasteiger partial charge in [-0.15, -0.1) is 0 Å². The molecule has 142 valence electrons. The Hall–Kier alpha value is -2.10. The van der Waals surface area contributed by atoms with Crippen LogP contribution in [-0.4, -0.2) is 36.0 Å². The Morgan fingerprint density at radius 1 is 1.26 bits per heavy atom. The number of nitrogens with zero attached hydrogens (tertiary/aromatic N) is 3. The second-order valence-corrected chi connectivity index (χ2v) is 9.27. The van der Waals surface area contributed by atoms with Gasteiger partial charge < -0.3 is 4.52 Å². The lowest BCUT2D eigenvalue weighted by Gasteiger charge is -2.31. The number of rotatable bonds is 5. The minimum absolute atomic E-state index is 0.102. The molecule has 9 heteroatoms. The van der Waals surface area contributed by atoms with Gasteiger partial charge in [-0.25, -0.2) is 12.8 Å². The maximum absolute atomic E-state index is 13.1. The fourth-order valence-electron chi connectivity index (χ4n) is 3.26. The van der Waals surface area contributed by atoms with Crippen molar-refractivity contribution in [1.29, 1.82) is 0 Å². The summed E-state index contributed by atoms with van der Waals surface area (Å²) in [5, 5.41) is 7.90. The summed E-state index contributed by atoms with van der Waals surface area (Å²) in [6.07, 6.45) is 2.19. The van der Waals surface area contributed by atoms with E-state index >= 15 is 0 Å². The van der Waals surface area contributed by atoms with Gasteiger partial charge in [0, 0.05) is 30.5 Å². The number of thiophene rings is 1. The van der Waals surface area contributed by atoms with Gasteiger partial charge in [0.25, 0.3) is 0 Å². The van der Waals surface area contributed by atoms with Gasteiger partial charge in [-0.3, -0.25) is 0 Å². The van der Waals surface area contributed by atoms with Gasteiger partial charge in [-0.2, -0.15) is 20.6 Å². The van der Waals surface area contributed by atoms with Gasteiger partial charge >= 0.3 is 0 Å². The van der Waals surface area contributed by atoms with Crippen molar-refractivity contribution in [2.24, 2.45) is 5.92 Å². The Morgan fingerprint density at radius 2 is 2.07 bits per heavy atom. The summed E-state index contributed by atoms with van der Waals surface area (Å²) in [5.74, 6) is 0.716. The first kappa shape index (κ1) is 18.3. The molecule has 1 saturated heterocycles. The maximum atomic E-state index is 13.1. The number of piperidine rings is 1. The van der Waals surface area contributed by atoms with Gasteiger partial charge in [0.05, 0.1) is 4.90 Å². The minimum atomic E-state index is -3.63. The average Bonchev–Trinajstić information content (AvgIpc) is 3.34. The zero-order valence-corrected chi connectivity index (χ0v) is 16.0. The van der Waals surface area contributed by atoms with Crippen molar-refractivity contribution in [3.05, 3.63) is 52.8 Å². The summed E-state index contributed by atoms with van der Waals surface area (Å²) in [7, 11) is -3.63. The monoisotopic (exact) mass is 407 g/mol. The lowest BCUT2D eigenvalue weighted by atomic mass is 9.96. The van der Waals surface area contributed by atoms with E-state index in [1.54, 1.807) is 11.3 Å². The number of benzene rings is 1. The van der Waals surface area contributed by atoms with E-state index in [4.69, 9.17) is 4.52 Å². The third kappa shape index (κ3) is 3.95. The smallest absolute Gasteiger partial charge is 0.243 e. The van der Waals surface area contributed by atoms with Crippen LogP contribution in [0.1, 0.15) is 18.7 Å². The maximum Gasteiger partial charge on any atom is 0.243 e. The summed E-state index contributed by atoms with van der Waals surface area (Å²) in [6, 6.07) is 6.87. The summed E-state index contributed by atoms with van der Waals surface area (Å²) in [6.45, 7) is 0.843. The van der Waals surface area contributed by atoms with Crippen molar-refractivity contribution >= 4 is 21.4 Å². The molecule has 3 heterocycles. The van der Waals surface area contributed by atoms with E-state index in [0.717, 1.165) is 18.4 Å². The Labute approximate surface area is 160 Å². The van der Waals surface area contributed by atoms with Gasteiger partial charge in [-0.05, 0) is 54.5 Å². The summed E-state index contributed by atoms with van der Waals surface area (Å²) < 4.78 is 45.5. The fraction of sp³-hybridized carbons (Fsp3) is 0.333. The standard InChI is InChI=1S/C18H18FN3O3S2/c19-15-3-5-16(6-4-15)27(23,24)22-8-1-2-13(11-22)10-17-20-18(21-25-17)14-7-9-26-12-14/h3-7,9,12-13H,1-2,8,10-11H2. The van der Waals surface area contributed by atoms with Crippen molar-refractivity contribution in [3.8, 4) is 11.4 Å². The predicted molar refractivity (Wildman–Crippen MR) is 99.2 cm³/mol. The molecule has 2 aromatic heterocycles. The minimum Gasteiger partial charge on any atom is -0.339 e. The number of halogens is 1. The molecule has 0 bridgehead atoms. The fourth-order valence-corrected chi connectivity index (χ4v) is 5.45. The highest BCUT2D eigenvalue weighted by Gasteiger charge is 2.31. The Bertz CT molecular complexity index is 1000. The molecule has 4 rings (SSSR count). The highest BCUT2D eigenvalue weighted by atomic mass is 32.2. The SMILES string of the molecule is O=S(=O)(c1ccc(F)cc1)N1CCCC(Cc2nc(-c3ccsc3)no2)C1. The first-order valence-electron chi connectivity index (χ1n) is 8.63. The van der Waals surface area contributed by atoms with Gasteiger partial charge in [0.1, 0.15) is 5.82 Å². The molecule has 0 amide bonds. The number of aromatic nitrogens is 2. The molecule has 1 aromatic carbocycles. The molecular formula is C18H18FN3O3S2. The van der Waals surface area contributed by atoms with E-state index in [0.29, 0.717) is 31.2 Å². The van der Waals surface area contributed by atoms with E-state index in [9.17, 15) is 12.8 Å². The van der Waals surface area contributed by atoms with Crippen molar-refractivity contribution in [1.82, 2.24) is 14.4 Å². The second kappa shape index (κ2) is 7.49. The Morgan fingerprint density at radius 3 is 2.81 bits per heavy atom. The molecule has 1 aliphatic heterocycles. The third-order valence-corrected chi connectivity index (χ3v) is 7.21. The first-order valence-corrected chi connectivity index (χ1v) is 11.0. The molecule has 27 heavy (non-hydrogen) atoms. The normalized spacial score (nSPS) is 18.6. The van der Waals surface area contributed by atoms with Gasteiger partial charge in [0.2, 0.25) is 21.7 Å². The summed E-state index contributed by atoms with van der Waals surface area (Å²) >= 11 is 1.56. The van der Waals surface area contributed by atoms with Gasteiger partial charge in [-0.1, -0.05) is 5.16 Å². The molecule has 0 aliphatic carbocycles. The van der Waals surface area contributed by atoms with Crippen LogP contribution in [0, 0.1) is 11.7 Å². The molecule has 1 fully saturated rings. The molecule has 1 aliphatic rings. The van der Waals surface area contributed by atoms with E-state index in [1.165, 1.54) is 28.6 Å². The number of hydrogen-bond acceptors (Lipinski definition) is 6. The molecule has 0 N–H and O–H groups in total. The topological polar surface area (TPSA) is 76.3 Å². The Balaban J connectivity index is 1.46. The van der Waals surface area contributed by atoms with E-state index in [1.807, 2.05) is 16.8 Å². The van der Waals surface area contributed by atoms with E-state index < -0.39 is 15.8 Å². The lowest BCUT2D eigenvalue weighted by Crippen LogP contribution is -2.40. The number of hydrogen-bond donors (Lipinski definition) is 0. The molecule has 0 saturated carbocycles. The summed E-state index contributed by atoms with van der Waals surface area (Å²) in [5.41, 5.74) is 0.916. The first-order chi connectivity index (χ1) is 13.0. The van der Waals surface area contributed by atoms with Crippen LogP contribution in [0.2, 0.25) is 0 Å². The van der Waals surface area contributed by atoms with Crippen LogP contribution < -0.4 is 0 Å². The zero-order valence-electron chi connectivity index (χ0n) is 14.4. The largest absolute Gasteiger partial charge is 0.339 e. The molecule has 0 radical (unpaired) electrons. The van der Waals surface area contributed by atoms with Crippen molar-refractivity contribution < 1.29 is 17.3 Å². The number of sulfonamides is 1. The molecule has 6 nitrogen and oxygen atoms in total. The predicted octanol–water partition coefficient (Wildman–Crippen LogP) is 3.58. The summed E-state index contributed by atoms with van der Waals surface area (Å²) in [4.78, 5) is 4.53. The zero-order chi connectivity index (χ0) is 18.9. The van der Waals surface area contributed by atoms with Crippen molar-refractivity contribution in [2.75, 3.05) is 13.1 Å². The highest BCUT2D eigenvalue weighted by molar-refractivity contribution is 7.89. The van der Waals surface area contributed by atoms with Crippen LogP contribution in [0.4, 0.5) is 4.39 Å². The molecule has 3 aromatic rings.